The predicted octanol–water partition coefficient (Wildman–Crippen LogP) is 2.61. The normalized spacial score (nSPS) is 12.2. The molecule has 0 saturated heterocycles. The maximum atomic E-state index is 13.9. The minimum Gasteiger partial charge on any atom is -0.465 e. The Bertz CT molecular complexity index is 675. The highest BCUT2D eigenvalue weighted by Crippen LogP contribution is 2.25. The van der Waals surface area contributed by atoms with Crippen molar-refractivity contribution in [2.75, 3.05) is 6.61 Å². The largest absolute Gasteiger partial charge is 0.465 e. The third kappa shape index (κ3) is 4.33. The van der Waals surface area contributed by atoms with Crippen LogP contribution in [0.2, 0.25) is 0 Å². The summed E-state index contributed by atoms with van der Waals surface area (Å²) in [6, 6.07) is 6.44. The van der Waals surface area contributed by atoms with Crippen molar-refractivity contribution in [3.05, 3.63) is 47.5 Å². The number of thioether (sulfide) groups is 1. The molecule has 0 unspecified atom stereocenters. The highest BCUT2D eigenvalue weighted by Gasteiger charge is 2.20. The van der Waals surface area contributed by atoms with Crippen LogP contribution in [0.4, 0.5) is 4.39 Å². The highest BCUT2D eigenvalue weighted by molar-refractivity contribution is 8.00. The molecule has 0 aliphatic carbocycles. The number of aliphatic hydroxyl groups is 1. The molecule has 2 aromatic rings. The molecule has 1 aromatic carbocycles. The van der Waals surface area contributed by atoms with Gasteiger partial charge in [0, 0.05) is 5.56 Å². The SMILES string of the molecule is CCOC(=O)[C@H](C)Sc1ncc(CO)n1Cc1ccccc1F. The first kappa shape index (κ1) is 17.5. The lowest BCUT2D eigenvalue weighted by molar-refractivity contribution is -0.142. The van der Waals surface area contributed by atoms with E-state index in [0.29, 0.717) is 23.0 Å². The van der Waals surface area contributed by atoms with E-state index in [4.69, 9.17) is 4.74 Å². The zero-order valence-electron chi connectivity index (χ0n) is 13.0. The number of aliphatic hydroxyl groups excluding tert-OH is 1. The van der Waals surface area contributed by atoms with Gasteiger partial charge in [-0.25, -0.2) is 9.37 Å². The van der Waals surface area contributed by atoms with Crippen LogP contribution in [0.1, 0.15) is 25.1 Å². The number of aromatic nitrogens is 2. The molecule has 1 N–H and O–H groups in total. The van der Waals surface area contributed by atoms with Gasteiger partial charge in [-0.3, -0.25) is 4.79 Å². The fourth-order valence-corrected chi connectivity index (χ4v) is 2.95. The topological polar surface area (TPSA) is 64.3 Å². The van der Waals surface area contributed by atoms with Gasteiger partial charge in [-0.2, -0.15) is 0 Å². The average molecular weight is 338 g/mol. The molecule has 7 heteroatoms. The summed E-state index contributed by atoms with van der Waals surface area (Å²) in [6.07, 6.45) is 1.53. The summed E-state index contributed by atoms with van der Waals surface area (Å²) in [7, 11) is 0. The van der Waals surface area contributed by atoms with Crippen molar-refractivity contribution in [1.82, 2.24) is 9.55 Å². The third-order valence-corrected chi connectivity index (χ3v) is 4.33. The van der Waals surface area contributed by atoms with Gasteiger partial charge in [0.2, 0.25) is 0 Å². The van der Waals surface area contributed by atoms with E-state index in [1.807, 2.05) is 0 Å². The predicted molar refractivity (Wildman–Crippen MR) is 85.6 cm³/mol. The second-order valence-corrected chi connectivity index (χ2v) is 6.19. The van der Waals surface area contributed by atoms with Crippen molar-refractivity contribution in [3.8, 4) is 0 Å². The summed E-state index contributed by atoms with van der Waals surface area (Å²) in [5, 5.41) is 9.55. The summed E-state index contributed by atoms with van der Waals surface area (Å²) < 4.78 is 20.6. The lowest BCUT2D eigenvalue weighted by atomic mass is 10.2. The molecule has 23 heavy (non-hydrogen) atoms. The van der Waals surface area contributed by atoms with Crippen LogP contribution in [0.15, 0.2) is 35.6 Å². The van der Waals surface area contributed by atoms with Crippen molar-refractivity contribution in [3.63, 3.8) is 0 Å². The van der Waals surface area contributed by atoms with E-state index in [-0.39, 0.29) is 24.9 Å². The summed E-state index contributed by atoms with van der Waals surface area (Å²) in [4.78, 5) is 16.0. The average Bonchev–Trinajstić information content (AvgIpc) is 2.91. The minimum atomic E-state index is -0.441. The maximum Gasteiger partial charge on any atom is 0.319 e. The second-order valence-electron chi connectivity index (χ2n) is 4.88. The van der Waals surface area contributed by atoms with Gasteiger partial charge in [-0.15, -0.1) is 0 Å². The lowest BCUT2D eigenvalue weighted by Crippen LogP contribution is -2.18. The molecule has 5 nitrogen and oxygen atoms in total. The van der Waals surface area contributed by atoms with Crippen LogP contribution in [0, 0.1) is 5.82 Å². The monoisotopic (exact) mass is 338 g/mol. The quantitative estimate of drug-likeness (QED) is 0.621. The number of ether oxygens (including phenoxy) is 1. The van der Waals surface area contributed by atoms with Crippen LogP contribution >= 0.6 is 11.8 Å². The van der Waals surface area contributed by atoms with E-state index < -0.39 is 5.25 Å². The molecule has 0 spiro atoms. The van der Waals surface area contributed by atoms with Crippen LogP contribution in [-0.2, 0) is 22.7 Å². The Morgan fingerprint density at radius 2 is 2.22 bits per heavy atom. The first-order valence-electron chi connectivity index (χ1n) is 7.28. The van der Waals surface area contributed by atoms with Crippen molar-refractivity contribution in [1.29, 1.82) is 0 Å². The number of rotatable bonds is 7. The smallest absolute Gasteiger partial charge is 0.319 e. The van der Waals surface area contributed by atoms with E-state index in [2.05, 4.69) is 4.98 Å². The van der Waals surface area contributed by atoms with Crippen molar-refractivity contribution in [2.24, 2.45) is 0 Å². The van der Waals surface area contributed by atoms with E-state index in [0.717, 1.165) is 0 Å². The fraction of sp³-hybridized carbons (Fsp3) is 0.375. The molecule has 0 radical (unpaired) electrons. The van der Waals surface area contributed by atoms with Crippen LogP contribution < -0.4 is 0 Å². The second kappa shape index (κ2) is 8.12. The Hall–Kier alpha value is -1.86. The lowest BCUT2D eigenvalue weighted by Gasteiger charge is -2.14. The molecule has 1 heterocycles. The van der Waals surface area contributed by atoms with Gasteiger partial charge in [0.05, 0.1) is 31.6 Å². The molecule has 124 valence electrons. The van der Waals surface area contributed by atoms with E-state index in [1.54, 1.807) is 36.6 Å². The molecule has 0 amide bonds. The maximum absolute atomic E-state index is 13.9. The van der Waals surface area contributed by atoms with E-state index in [1.165, 1.54) is 24.0 Å². The Morgan fingerprint density at radius 3 is 2.87 bits per heavy atom. The zero-order chi connectivity index (χ0) is 16.8. The van der Waals surface area contributed by atoms with E-state index >= 15 is 0 Å². The Morgan fingerprint density at radius 1 is 1.48 bits per heavy atom. The number of hydrogen-bond acceptors (Lipinski definition) is 5. The number of hydrogen-bond donors (Lipinski definition) is 1. The molecule has 1 atom stereocenters. The van der Waals surface area contributed by atoms with Gasteiger partial charge in [0.1, 0.15) is 11.1 Å². The number of benzene rings is 1. The number of halogens is 1. The minimum absolute atomic E-state index is 0.212. The molecular formula is C16H19FN2O3S. The van der Waals surface area contributed by atoms with Crippen molar-refractivity contribution < 1.29 is 19.0 Å². The summed E-state index contributed by atoms with van der Waals surface area (Å²) in [5.41, 5.74) is 1.05. The Kier molecular flexibility index (Phi) is 6.18. The van der Waals surface area contributed by atoms with Crippen LogP contribution in [0.5, 0.6) is 0 Å². The van der Waals surface area contributed by atoms with Gasteiger partial charge < -0.3 is 14.4 Å². The number of carbonyl (C=O) groups excluding carboxylic acids is 1. The molecule has 0 bridgehead atoms. The van der Waals surface area contributed by atoms with Gasteiger partial charge in [-0.1, -0.05) is 30.0 Å². The molecule has 0 aliphatic heterocycles. The van der Waals surface area contributed by atoms with Crippen LogP contribution in [-0.4, -0.2) is 32.5 Å². The summed E-state index contributed by atoms with van der Waals surface area (Å²) in [6.45, 7) is 3.81. The molecular weight excluding hydrogens is 319 g/mol. The first-order chi connectivity index (χ1) is 11.1. The highest BCUT2D eigenvalue weighted by atomic mass is 32.2. The van der Waals surface area contributed by atoms with Crippen LogP contribution in [0.3, 0.4) is 0 Å². The van der Waals surface area contributed by atoms with Gasteiger partial charge in [0.25, 0.3) is 0 Å². The molecule has 0 saturated carbocycles. The number of imidazole rings is 1. The van der Waals surface area contributed by atoms with Crippen molar-refractivity contribution in [2.45, 2.75) is 37.4 Å². The summed E-state index contributed by atoms with van der Waals surface area (Å²) >= 11 is 1.22. The number of nitrogens with zero attached hydrogens (tertiary/aromatic N) is 2. The zero-order valence-corrected chi connectivity index (χ0v) is 13.8. The Balaban J connectivity index is 2.23. The Labute approximate surface area is 138 Å². The van der Waals surface area contributed by atoms with Gasteiger partial charge >= 0.3 is 5.97 Å². The van der Waals surface area contributed by atoms with E-state index in [9.17, 15) is 14.3 Å². The molecule has 0 aliphatic rings. The van der Waals surface area contributed by atoms with Gasteiger partial charge in [-0.05, 0) is 19.9 Å². The molecule has 2 rings (SSSR count). The number of carbonyl (C=O) groups is 1. The van der Waals surface area contributed by atoms with Crippen molar-refractivity contribution >= 4 is 17.7 Å². The summed E-state index contributed by atoms with van der Waals surface area (Å²) in [5.74, 6) is -0.650. The first-order valence-corrected chi connectivity index (χ1v) is 8.16. The number of esters is 1. The van der Waals surface area contributed by atoms with Gasteiger partial charge in [0.15, 0.2) is 5.16 Å². The standard InChI is InChI=1S/C16H19FN2O3S/c1-3-22-15(21)11(2)23-16-18-8-13(10-20)19(16)9-12-6-4-5-7-14(12)17/h4-8,11,20H,3,9-10H2,1-2H3/t11-/m0/s1. The molecule has 0 fully saturated rings. The van der Waals surface area contributed by atoms with Crippen LogP contribution in [0.25, 0.3) is 0 Å². The third-order valence-electron chi connectivity index (χ3n) is 3.25. The molecule has 1 aromatic heterocycles. The fourth-order valence-electron chi connectivity index (χ4n) is 2.04.